The highest BCUT2D eigenvalue weighted by Gasteiger charge is 2.13. The summed E-state index contributed by atoms with van der Waals surface area (Å²) in [4.78, 5) is 24.2. The number of nitrogens with one attached hydrogen (secondary N) is 2. The smallest absolute Gasteiger partial charge is 0.269 e. The number of amides is 2. The molecule has 0 aliphatic rings. The highest BCUT2D eigenvalue weighted by Crippen LogP contribution is 2.28. The molecule has 0 bridgehead atoms. The normalized spacial score (nSPS) is 10.2. The Hall–Kier alpha value is -2.61. The van der Waals surface area contributed by atoms with Crippen molar-refractivity contribution in [3.05, 3.63) is 57.8 Å². The third-order valence-corrected chi connectivity index (χ3v) is 4.00. The predicted octanol–water partition coefficient (Wildman–Crippen LogP) is 3.46. The zero-order valence-electron chi connectivity index (χ0n) is 14.3. The van der Waals surface area contributed by atoms with E-state index in [2.05, 4.69) is 26.8 Å². The lowest BCUT2D eigenvalue weighted by Gasteiger charge is -2.12. The number of benzene rings is 2. The van der Waals surface area contributed by atoms with Crippen molar-refractivity contribution >= 4 is 27.7 Å². The summed E-state index contributed by atoms with van der Waals surface area (Å²) in [7, 11) is 1.47. The van der Waals surface area contributed by atoms with E-state index in [0.29, 0.717) is 18.1 Å². The average molecular weight is 425 g/mol. The second-order valence-electron chi connectivity index (χ2n) is 5.25. The molecule has 0 unspecified atom stereocenters. The SMILES string of the molecule is CCCOc1ccc(C(=O)NNC(=O)c2ccc(Br)c(F)c2)cc1OC. The second kappa shape index (κ2) is 9.19. The lowest BCUT2D eigenvalue weighted by Crippen LogP contribution is -2.41. The van der Waals surface area contributed by atoms with Crippen LogP contribution in [0.1, 0.15) is 34.1 Å². The summed E-state index contributed by atoms with van der Waals surface area (Å²) in [6.45, 7) is 2.51. The Balaban J connectivity index is 2.02. The maximum absolute atomic E-state index is 13.5. The van der Waals surface area contributed by atoms with Crippen molar-refractivity contribution in [1.82, 2.24) is 10.9 Å². The summed E-state index contributed by atoms with van der Waals surface area (Å²) in [5.74, 6) is -0.819. The molecule has 8 heteroatoms. The molecule has 0 fully saturated rings. The number of methoxy groups -OCH3 is 1. The molecule has 2 rings (SSSR count). The quantitative estimate of drug-likeness (QED) is 0.696. The van der Waals surface area contributed by atoms with Crippen LogP contribution < -0.4 is 20.3 Å². The number of ether oxygens (including phenoxy) is 2. The van der Waals surface area contributed by atoms with Crippen molar-refractivity contribution in [2.75, 3.05) is 13.7 Å². The zero-order chi connectivity index (χ0) is 19.1. The Kier molecular flexibility index (Phi) is 6.97. The fourth-order valence-corrected chi connectivity index (χ4v) is 2.28. The van der Waals surface area contributed by atoms with Gasteiger partial charge in [0.15, 0.2) is 11.5 Å². The van der Waals surface area contributed by atoms with Crippen LogP contribution in [0.25, 0.3) is 0 Å². The van der Waals surface area contributed by atoms with E-state index in [0.717, 1.165) is 12.5 Å². The molecule has 0 atom stereocenters. The van der Waals surface area contributed by atoms with Crippen molar-refractivity contribution in [3.63, 3.8) is 0 Å². The number of hydrazine groups is 1. The highest BCUT2D eigenvalue weighted by atomic mass is 79.9. The molecule has 26 heavy (non-hydrogen) atoms. The largest absolute Gasteiger partial charge is 0.493 e. The summed E-state index contributed by atoms with van der Waals surface area (Å²) >= 11 is 3.01. The number of rotatable bonds is 6. The molecule has 0 radical (unpaired) electrons. The van der Waals surface area contributed by atoms with Gasteiger partial charge in [0, 0.05) is 11.1 Å². The van der Waals surface area contributed by atoms with Crippen LogP contribution in [0.15, 0.2) is 40.9 Å². The predicted molar refractivity (Wildman–Crippen MR) is 97.8 cm³/mol. The second-order valence-corrected chi connectivity index (χ2v) is 6.11. The number of carbonyl (C=O) groups is 2. The first kappa shape index (κ1) is 19.7. The first-order chi connectivity index (χ1) is 12.5. The van der Waals surface area contributed by atoms with Gasteiger partial charge in [0.2, 0.25) is 0 Å². The lowest BCUT2D eigenvalue weighted by atomic mass is 10.2. The Labute approximate surface area is 158 Å². The minimum Gasteiger partial charge on any atom is -0.493 e. The minimum absolute atomic E-state index is 0.0758. The molecule has 0 aliphatic heterocycles. The van der Waals surface area contributed by atoms with Gasteiger partial charge in [-0.15, -0.1) is 0 Å². The van der Waals surface area contributed by atoms with E-state index in [1.165, 1.54) is 25.3 Å². The van der Waals surface area contributed by atoms with E-state index in [1.807, 2.05) is 6.92 Å². The molecule has 138 valence electrons. The van der Waals surface area contributed by atoms with Crippen molar-refractivity contribution in [3.8, 4) is 11.5 Å². The van der Waals surface area contributed by atoms with Crippen molar-refractivity contribution < 1.29 is 23.5 Å². The van der Waals surface area contributed by atoms with Crippen molar-refractivity contribution in [1.29, 1.82) is 0 Å². The molecule has 0 saturated heterocycles. The third kappa shape index (κ3) is 4.95. The van der Waals surface area contributed by atoms with E-state index in [4.69, 9.17) is 9.47 Å². The monoisotopic (exact) mass is 424 g/mol. The molecule has 2 aromatic carbocycles. The van der Waals surface area contributed by atoms with Crippen molar-refractivity contribution in [2.24, 2.45) is 0 Å². The van der Waals surface area contributed by atoms with Gasteiger partial charge in [-0.05, 0) is 58.7 Å². The third-order valence-electron chi connectivity index (χ3n) is 3.36. The van der Waals surface area contributed by atoms with Crippen LogP contribution in [0.3, 0.4) is 0 Å². The molecule has 2 aromatic rings. The number of hydrogen-bond donors (Lipinski definition) is 2. The molecule has 0 aliphatic carbocycles. The van der Waals surface area contributed by atoms with E-state index in [-0.39, 0.29) is 15.6 Å². The highest BCUT2D eigenvalue weighted by molar-refractivity contribution is 9.10. The molecule has 2 N–H and O–H groups in total. The number of halogens is 2. The van der Waals surface area contributed by atoms with Crippen molar-refractivity contribution in [2.45, 2.75) is 13.3 Å². The van der Waals surface area contributed by atoms with Gasteiger partial charge < -0.3 is 9.47 Å². The minimum atomic E-state index is -0.639. The fourth-order valence-electron chi connectivity index (χ4n) is 2.04. The van der Waals surface area contributed by atoms with Crippen LogP contribution in [0.2, 0.25) is 0 Å². The average Bonchev–Trinajstić information content (AvgIpc) is 2.66. The maximum Gasteiger partial charge on any atom is 0.269 e. The molecular weight excluding hydrogens is 407 g/mol. The Morgan fingerprint density at radius 2 is 1.65 bits per heavy atom. The van der Waals surface area contributed by atoms with Gasteiger partial charge in [0.1, 0.15) is 5.82 Å². The topological polar surface area (TPSA) is 76.7 Å². The van der Waals surface area contributed by atoms with Gasteiger partial charge in [-0.3, -0.25) is 20.4 Å². The standard InChI is InChI=1S/C18H18BrFN2O4/c1-3-8-26-15-7-5-12(10-16(15)25-2)18(24)22-21-17(23)11-4-6-13(19)14(20)9-11/h4-7,9-10H,3,8H2,1-2H3,(H,21,23)(H,22,24). The summed E-state index contributed by atoms with van der Waals surface area (Å²) < 4.78 is 24.5. The Morgan fingerprint density at radius 3 is 2.23 bits per heavy atom. The molecule has 0 aromatic heterocycles. The number of hydrogen-bond acceptors (Lipinski definition) is 4. The van der Waals surface area contributed by atoms with Crippen LogP contribution in [0.5, 0.6) is 11.5 Å². The zero-order valence-corrected chi connectivity index (χ0v) is 15.9. The first-order valence-corrected chi connectivity index (χ1v) is 8.62. The molecule has 0 spiro atoms. The van der Waals surface area contributed by atoms with E-state index in [1.54, 1.807) is 12.1 Å². The van der Waals surface area contributed by atoms with Crippen LogP contribution in [0.4, 0.5) is 4.39 Å². The van der Waals surface area contributed by atoms with Gasteiger partial charge in [-0.25, -0.2) is 4.39 Å². The Morgan fingerprint density at radius 1 is 1.04 bits per heavy atom. The summed E-state index contributed by atoms with van der Waals surface area (Å²) in [5.41, 5.74) is 4.86. The van der Waals surface area contributed by atoms with Crippen LogP contribution >= 0.6 is 15.9 Å². The van der Waals surface area contributed by atoms with E-state index < -0.39 is 17.6 Å². The lowest BCUT2D eigenvalue weighted by molar-refractivity contribution is 0.0846. The molecule has 2 amide bonds. The van der Waals surface area contributed by atoms with Gasteiger partial charge in [0.05, 0.1) is 18.2 Å². The Bertz CT molecular complexity index is 814. The van der Waals surface area contributed by atoms with Crippen LogP contribution in [0, 0.1) is 5.82 Å². The van der Waals surface area contributed by atoms with Gasteiger partial charge >= 0.3 is 0 Å². The molecular formula is C18H18BrFN2O4. The summed E-state index contributed by atoms with van der Waals surface area (Å²) in [6.07, 6.45) is 0.841. The summed E-state index contributed by atoms with van der Waals surface area (Å²) in [6, 6.07) is 8.58. The molecule has 6 nitrogen and oxygen atoms in total. The molecule has 0 saturated carbocycles. The first-order valence-electron chi connectivity index (χ1n) is 7.82. The fraction of sp³-hybridized carbons (Fsp3) is 0.222. The van der Waals surface area contributed by atoms with E-state index >= 15 is 0 Å². The van der Waals surface area contributed by atoms with Crippen LogP contribution in [-0.4, -0.2) is 25.5 Å². The maximum atomic E-state index is 13.5. The summed E-state index contributed by atoms with van der Waals surface area (Å²) in [5, 5.41) is 0. The van der Waals surface area contributed by atoms with Gasteiger partial charge in [0.25, 0.3) is 11.8 Å². The molecule has 0 heterocycles. The van der Waals surface area contributed by atoms with Gasteiger partial charge in [-0.2, -0.15) is 0 Å². The van der Waals surface area contributed by atoms with E-state index in [9.17, 15) is 14.0 Å². The van der Waals surface area contributed by atoms with Crippen LogP contribution in [-0.2, 0) is 0 Å². The van der Waals surface area contributed by atoms with Gasteiger partial charge in [-0.1, -0.05) is 6.92 Å². The number of carbonyl (C=O) groups excluding carboxylic acids is 2.